The van der Waals surface area contributed by atoms with Crippen LogP contribution in [0.1, 0.15) is 42.2 Å². The maximum absolute atomic E-state index is 12.7. The number of carbonyl (C=O) groups excluding carboxylic acids is 1. The molecule has 1 aliphatic rings. The largest absolute Gasteiger partial charge is 0.384 e. The molecule has 0 spiro atoms. The molecule has 37 heavy (non-hydrogen) atoms. The summed E-state index contributed by atoms with van der Waals surface area (Å²) >= 11 is 0. The number of hydrogen-bond acceptors (Lipinski definition) is 8. The average Bonchev–Trinajstić information content (AvgIpc) is 3.27. The summed E-state index contributed by atoms with van der Waals surface area (Å²) < 4.78 is 46.7. The summed E-state index contributed by atoms with van der Waals surface area (Å²) in [4.78, 5) is 32.0. The number of nitrogen functional groups attached to an aromatic ring is 1. The number of aromatic nitrogens is 5. The van der Waals surface area contributed by atoms with Gasteiger partial charge in [0.2, 0.25) is 0 Å². The summed E-state index contributed by atoms with van der Waals surface area (Å²) in [6, 6.07) is 9.51. The third kappa shape index (κ3) is 4.64. The fourth-order valence-electron chi connectivity index (χ4n) is 4.46. The van der Waals surface area contributed by atoms with E-state index >= 15 is 0 Å². The van der Waals surface area contributed by atoms with Crippen LogP contribution in [0.2, 0.25) is 0 Å². The number of nitriles is 1. The lowest BCUT2D eigenvalue weighted by atomic mass is 10.0. The summed E-state index contributed by atoms with van der Waals surface area (Å²) in [5, 5.41) is 10.5. The van der Waals surface area contributed by atoms with E-state index in [-0.39, 0.29) is 22.0 Å². The molecule has 10 heteroatoms. The molecule has 186 valence electrons. The minimum atomic E-state index is -3.15. The van der Waals surface area contributed by atoms with E-state index in [9.17, 15) is 10.1 Å². The predicted molar refractivity (Wildman–Crippen MR) is 141 cm³/mol. The number of fused-ring (bicyclic) bond motifs is 1. The first kappa shape index (κ1) is 17.8. The van der Waals surface area contributed by atoms with E-state index in [1.165, 1.54) is 0 Å². The Morgan fingerprint density at radius 1 is 1.22 bits per heavy atom. The number of carbonyl (C=O) groups is 1. The Kier molecular flexibility index (Phi) is 4.70. The maximum Gasteiger partial charge on any atom is 0.256 e. The minimum Gasteiger partial charge on any atom is -0.384 e. The number of rotatable bonds is 5. The Balaban J connectivity index is 1.32. The first-order valence-electron chi connectivity index (χ1n) is 14.5. The zero-order valence-corrected chi connectivity index (χ0v) is 20.0. The number of amides is 1. The van der Waals surface area contributed by atoms with Gasteiger partial charge in [-0.25, -0.2) is 19.9 Å². The quantitative estimate of drug-likeness (QED) is 0.444. The van der Waals surface area contributed by atoms with E-state index in [0.717, 1.165) is 40.3 Å². The summed E-state index contributed by atoms with van der Waals surface area (Å²) in [6.07, 6.45) is 6.62. The minimum absolute atomic E-state index is 0.114. The standard InChI is InChI=1S/C27H27N9O/c1-34(2)27(37)18-14-31-25(32-15-18)17-7-10-36(11-8-17)16-19-12-22-20(6-9-30-26(22)35(19)3)21-4-5-24(29)33-23(21)13-28/h4-7,9,12,14-15H,8,10-11,16H2,1-3H3,(H2,29,33)/i1D3,2D3. The number of nitrogens with two attached hydrogens (primary N) is 1. The van der Waals surface area contributed by atoms with Crippen molar-refractivity contribution < 1.29 is 13.0 Å². The highest BCUT2D eigenvalue weighted by Crippen LogP contribution is 2.32. The molecule has 4 aromatic rings. The Morgan fingerprint density at radius 3 is 2.73 bits per heavy atom. The molecule has 5 heterocycles. The zero-order valence-electron chi connectivity index (χ0n) is 26.0. The molecule has 0 fully saturated rings. The van der Waals surface area contributed by atoms with Gasteiger partial charge in [-0.15, -0.1) is 0 Å². The van der Waals surface area contributed by atoms with E-state index < -0.39 is 19.9 Å². The summed E-state index contributed by atoms with van der Waals surface area (Å²) in [7, 11) is 1.95. The van der Waals surface area contributed by atoms with Crippen LogP contribution in [0.4, 0.5) is 5.82 Å². The molecule has 5 rings (SSSR count). The van der Waals surface area contributed by atoms with Gasteiger partial charge in [0.05, 0.1) is 5.56 Å². The number of pyridine rings is 2. The van der Waals surface area contributed by atoms with Crippen molar-refractivity contribution in [2.75, 3.05) is 32.8 Å². The monoisotopic (exact) mass is 499 g/mol. The highest BCUT2D eigenvalue weighted by Gasteiger charge is 2.20. The lowest BCUT2D eigenvalue weighted by Gasteiger charge is -2.26. The first-order chi connectivity index (χ1) is 20.3. The van der Waals surface area contributed by atoms with Crippen LogP contribution in [-0.4, -0.2) is 67.3 Å². The number of anilines is 1. The molecular formula is C27H27N9O. The van der Waals surface area contributed by atoms with Gasteiger partial charge in [0.15, 0.2) is 11.5 Å². The normalized spacial score (nSPS) is 16.9. The van der Waals surface area contributed by atoms with Gasteiger partial charge in [-0.2, -0.15) is 5.26 Å². The smallest absolute Gasteiger partial charge is 0.256 e. The van der Waals surface area contributed by atoms with Crippen molar-refractivity contribution in [2.24, 2.45) is 7.05 Å². The number of hydrogen-bond donors (Lipinski definition) is 1. The summed E-state index contributed by atoms with van der Waals surface area (Å²) in [6.45, 7) is -4.36. The van der Waals surface area contributed by atoms with E-state index in [1.807, 2.05) is 23.8 Å². The van der Waals surface area contributed by atoms with Crippen molar-refractivity contribution in [2.45, 2.75) is 13.0 Å². The van der Waals surface area contributed by atoms with Gasteiger partial charge in [0.25, 0.3) is 5.91 Å². The molecule has 0 atom stereocenters. The Labute approximate surface area is 223 Å². The molecule has 0 bridgehead atoms. The van der Waals surface area contributed by atoms with Crippen LogP contribution >= 0.6 is 0 Å². The fraction of sp³-hybridized carbons (Fsp3) is 0.259. The SMILES string of the molecule is [2H]C([2H])([2H])N(C(=O)c1cnc(C2=CCN(Cc3cc4c(-c5ccc(N)nc5C#N)ccnc4n3C)CC2)nc1)C([2H])([2H])[2H]. The molecule has 0 radical (unpaired) electrons. The second-order valence-corrected chi connectivity index (χ2v) is 8.68. The molecule has 1 aliphatic heterocycles. The zero-order chi connectivity index (χ0) is 31.1. The molecule has 0 saturated heterocycles. The molecule has 0 aromatic carbocycles. The van der Waals surface area contributed by atoms with Crippen LogP contribution in [0, 0.1) is 11.3 Å². The molecule has 0 aliphatic carbocycles. The second-order valence-electron chi connectivity index (χ2n) is 8.68. The van der Waals surface area contributed by atoms with Gasteiger partial charge in [-0.1, -0.05) is 6.08 Å². The van der Waals surface area contributed by atoms with Crippen LogP contribution in [0.5, 0.6) is 0 Å². The first-order valence-corrected chi connectivity index (χ1v) is 11.5. The van der Waals surface area contributed by atoms with Gasteiger partial charge in [-0.05, 0) is 41.8 Å². The molecule has 2 N–H and O–H groups in total. The molecule has 0 saturated carbocycles. The van der Waals surface area contributed by atoms with Crippen molar-refractivity contribution in [3.63, 3.8) is 0 Å². The highest BCUT2D eigenvalue weighted by atomic mass is 16.2. The van der Waals surface area contributed by atoms with Crippen molar-refractivity contribution in [1.82, 2.24) is 34.3 Å². The third-order valence-electron chi connectivity index (χ3n) is 6.41. The van der Waals surface area contributed by atoms with Crippen molar-refractivity contribution in [1.29, 1.82) is 5.26 Å². The molecule has 10 nitrogen and oxygen atoms in total. The maximum atomic E-state index is 12.7. The van der Waals surface area contributed by atoms with Crippen LogP contribution in [0.25, 0.3) is 27.7 Å². The number of nitrogens with zero attached hydrogens (tertiary/aromatic N) is 8. The molecular weight excluding hydrogens is 466 g/mol. The van der Waals surface area contributed by atoms with Crippen LogP contribution in [0.15, 0.2) is 48.9 Å². The van der Waals surface area contributed by atoms with Crippen LogP contribution in [0.3, 0.4) is 0 Å². The Morgan fingerprint density at radius 2 is 2.03 bits per heavy atom. The van der Waals surface area contributed by atoms with Gasteiger partial charge in [0, 0.05) is 84.1 Å². The lowest BCUT2D eigenvalue weighted by Crippen LogP contribution is -2.29. The van der Waals surface area contributed by atoms with E-state index in [2.05, 4.69) is 37.0 Å². The van der Waals surface area contributed by atoms with Gasteiger partial charge in [-0.3, -0.25) is 9.69 Å². The molecule has 0 unspecified atom stereocenters. The topological polar surface area (TPSA) is 130 Å². The van der Waals surface area contributed by atoms with Crippen LogP contribution in [-0.2, 0) is 13.6 Å². The Hall–Kier alpha value is -4.62. The average molecular weight is 500 g/mol. The van der Waals surface area contributed by atoms with E-state index in [0.29, 0.717) is 37.4 Å². The van der Waals surface area contributed by atoms with Gasteiger partial charge < -0.3 is 15.2 Å². The third-order valence-corrected chi connectivity index (χ3v) is 6.41. The predicted octanol–water partition coefficient (Wildman–Crippen LogP) is 2.87. The highest BCUT2D eigenvalue weighted by molar-refractivity contribution is 5.95. The summed E-state index contributed by atoms with van der Waals surface area (Å²) in [5.41, 5.74) is 10.00. The van der Waals surface area contributed by atoms with Gasteiger partial charge in [0.1, 0.15) is 17.5 Å². The van der Waals surface area contributed by atoms with E-state index in [4.69, 9.17) is 14.0 Å². The number of aryl methyl sites for hydroxylation is 1. The van der Waals surface area contributed by atoms with Crippen molar-refractivity contribution >= 4 is 28.3 Å². The Bertz CT molecular complexity index is 1760. The molecule has 4 aromatic heterocycles. The lowest BCUT2D eigenvalue weighted by molar-refractivity contribution is 0.0826. The fourth-order valence-corrected chi connectivity index (χ4v) is 4.46. The van der Waals surface area contributed by atoms with Crippen molar-refractivity contribution in [3.05, 3.63) is 71.7 Å². The van der Waals surface area contributed by atoms with Crippen molar-refractivity contribution in [3.8, 4) is 17.2 Å². The summed E-state index contributed by atoms with van der Waals surface area (Å²) in [5.74, 6) is -0.533. The van der Waals surface area contributed by atoms with Crippen LogP contribution < -0.4 is 5.73 Å². The second kappa shape index (κ2) is 9.79. The molecule has 1 amide bonds. The van der Waals surface area contributed by atoms with Gasteiger partial charge >= 0.3 is 0 Å². The van der Waals surface area contributed by atoms with E-state index in [1.54, 1.807) is 18.3 Å².